The van der Waals surface area contributed by atoms with E-state index in [1.165, 1.54) is 0 Å². The molecule has 0 bridgehead atoms. The molecule has 0 spiro atoms. The lowest BCUT2D eigenvalue weighted by molar-refractivity contribution is -0.144. The summed E-state index contributed by atoms with van der Waals surface area (Å²) in [5.74, 6) is 2.28. The summed E-state index contributed by atoms with van der Waals surface area (Å²) in [6, 6.07) is 5.41. The first-order valence-corrected chi connectivity index (χ1v) is 9.64. The van der Waals surface area contributed by atoms with Gasteiger partial charge in [-0.05, 0) is 38.0 Å². The quantitative estimate of drug-likeness (QED) is 0.822. The van der Waals surface area contributed by atoms with E-state index in [1.807, 2.05) is 34.9 Å². The van der Waals surface area contributed by atoms with Gasteiger partial charge in [-0.25, -0.2) is 0 Å². The number of likely N-dealkylation sites (N-methyl/N-ethyl adjacent to an activating group) is 1. The first-order valence-electron chi connectivity index (χ1n) is 8.65. The number of nitrogens with zero attached hydrogens (tertiary/aromatic N) is 2. The van der Waals surface area contributed by atoms with E-state index in [1.54, 1.807) is 11.8 Å². The Balaban J connectivity index is 1.51. The number of carbonyl (C=O) groups excluding carboxylic acids is 2. The van der Waals surface area contributed by atoms with E-state index < -0.39 is 0 Å². The number of amides is 2. The van der Waals surface area contributed by atoms with Crippen LogP contribution in [0.4, 0.5) is 0 Å². The molecule has 3 heterocycles. The molecule has 0 saturated carbocycles. The fraction of sp³-hybridized carbons (Fsp3) is 0.556. The van der Waals surface area contributed by atoms with E-state index in [0.717, 1.165) is 23.5 Å². The standard InChI is InChI=1S/C18H22N2O4S/c1-3-19(9-12-4-5-14-15(8-12)24-11-23-14)17(22)13-10-25-18(2)7-6-16(21)20(13)18/h4-5,8,13H,3,6-7,9-11H2,1-2H3/t13-,18+/m1/s1. The van der Waals surface area contributed by atoms with Gasteiger partial charge in [0.25, 0.3) is 0 Å². The molecule has 3 aliphatic heterocycles. The Labute approximate surface area is 151 Å². The third-order valence-corrected chi connectivity index (χ3v) is 6.74. The highest BCUT2D eigenvalue weighted by Crippen LogP contribution is 2.47. The summed E-state index contributed by atoms with van der Waals surface area (Å²) in [6.45, 7) is 5.39. The predicted octanol–water partition coefficient (Wildman–Crippen LogP) is 2.22. The van der Waals surface area contributed by atoms with E-state index in [2.05, 4.69) is 6.92 Å². The number of ether oxygens (including phenoxy) is 2. The minimum absolute atomic E-state index is 0.0339. The zero-order valence-corrected chi connectivity index (χ0v) is 15.3. The minimum atomic E-state index is -0.348. The number of hydrogen-bond acceptors (Lipinski definition) is 5. The van der Waals surface area contributed by atoms with Gasteiger partial charge in [-0.2, -0.15) is 0 Å². The summed E-state index contributed by atoms with van der Waals surface area (Å²) >= 11 is 1.73. The molecule has 0 radical (unpaired) electrons. The SMILES string of the molecule is CCN(Cc1ccc2c(c1)OCO2)C(=O)[C@H]1CS[C@@]2(C)CCC(=O)N12. The van der Waals surface area contributed by atoms with Crippen LogP contribution in [0.25, 0.3) is 0 Å². The van der Waals surface area contributed by atoms with Gasteiger partial charge in [0.2, 0.25) is 18.6 Å². The average Bonchev–Trinajstić information content (AvgIpc) is 3.27. The fourth-order valence-corrected chi connectivity index (χ4v) is 5.24. The van der Waals surface area contributed by atoms with Crippen LogP contribution in [-0.4, -0.2) is 51.6 Å². The van der Waals surface area contributed by atoms with Gasteiger partial charge in [0.05, 0.1) is 4.87 Å². The lowest BCUT2D eigenvalue weighted by Gasteiger charge is -2.32. The molecule has 0 aromatic heterocycles. The number of carbonyl (C=O) groups is 2. The second kappa shape index (κ2) is 6.12. The van der Waals surface area contributed by atoms with E-state index in [9.17, 15) is 9.59 Å². The molecule has 1 aromatic carbocycles. The van der Waals surface area contributed by atoms with Crippen molar-refractivity contribution in [1.29, 1.82) is 0 Å². The van der Waals surface area contributed by atoms with Gasteiger partial charge in [-0.15, -0.1) is 11.8 Å². The highest BCUT2D eigenvalue weighted by Gasteiger charge is 2.53. The molecular weight excluding hydrogens is 340 g/mol. The number of thioether (sulfide) groups is 1. The van der Waals surface area contributed by atoms with E-state index in [0.29, 0.717) is 25.3 Å². The Morgan fingerprint density at radius 3 is 3.00 bits per heavy atom. The molecule has 25 heavy (non-hydrogen) atoms. The third-order valence-electron chi connectivity index (χ3n) is 5.23. The van der Waals surface area contributed by atoms with Crippen molar-refractivity contribution in [2.75, 3.05) is 19.1 Å². The molecule has 7 heteroatoms. The Morgan fingerprint density at radius 1 is 1.40 bits per heavy atom. The third kappa shape index (κ3) is 2.74. The predicted molar refractivity (Wildman–Crippen MR) is 94.4 cm³/mol. The highest BCUT2D eigenvalue weighted by atomic mass is 32.2. The molecule has 2 amide bonds. The zero-order valence-electron chi connectivity index (χ0n) is 14.5. The summed E-state index contributed by atoms with van der Waals surface area (Å²) in [5.41, 5.74) is 1.00. The highest BCUT2D eigenvalue weighted by molar-refractivity contribution is 8.01. The Bertz CT molecular complexity index is 725. The molecule has 0 N–H and O–H groups in total. The van der Waals surface area contributed by atoms with Crippen LogP contribution in [0.2, 0.25) is 0 Å². The second-order valence-corrected chi connectivity index (χ2v) is 8.31. The zero-order chi connectivity index (χ0) is 17.6. The number of hydrogen-bond donors (Lipinski definition) is 0. The van der Waals surface area contributed by atoms with Crippen molar-refractivity contribution in [3.05, 3.63) is 23.8 Å². The molecule has 2 saturated heterocycles. The van der Waals surface area contributed by atoms with E-state index in [4.69, 9.17) is 9.47 Å². The molecule has 0 aliphatic carbocycles. The van der Waals surface area contributed by atoms with Gasteiger partial charge in [-0.3, -0.25) is 9.59 Å². The monoisotopic (exact) mass is 362 g/mol. The molecule has 2 fully saturated rings. The Morgan fingerprint density at radius 2 is 2.20 bits per heavy atom. The topological polar surface area (TPSA) is 59.1 Å². The lowest BCUT2D eigenvalue weighted by Crippen LogP contribution is -2.51. The van der Waals surface area contributed by atoms with Crippen molar-refractivity contribution in [3.8, 4) is 11.5 Å². The summed E-state index contributed by atoms with van der Waals surface area (Å²) in [5, 5.41) is 0. The van der Waals surface area contributed by atoms with Gasteiger partial charge in [-0.1, -0.05) is 6.07 Å². The first kappa shape index (κ1) is 16.6. The summed E-state index contributed by atoms with van der Waals surface area (Å²) < 4.78 is 10.8. The summed E-state index contributed by atoms with van der Waals surface area (Å²) in [7, 11) is 0. The number of fused-ring (bicyclic) bond motifs is 2. The van der Waals surface area contributed by atoms with Crippen molar-refractivity contribution in [2.45, 2.75) is 44.1 Å². The Hall–Kier alpha value is -1.89. The Kier molecular flexibility index (Phi) is 4.06. The smallest absolute Gasteiger partial charge is 0.246 e. The first-order chi connectivity index (χ1) is 12.0. The van der Waals surface area contributed by atoms with E-state index in [-0.39, 0.29) is 29.5 Å². The maximum atomic E-state index is 13.1. The van der Waals surface area contributed by atoms with Crippen molar-refractivity contribution >= 4 is 23.6 Å². The van der Waals surface area contributed by atoms with E-state index >= 15 is 0 Å². The number of rotatable bonds is 4. The maximum absolute atomic E-state index is 13.1. The van der Waals surface area contributed by atoms with Crippen molar-refractivity contribution in [3.63, 3.8) is 0 Å². The van der Waals surface area contributed by atoms with Crippen LogP contribution in [0.1, 0.15) is 32.3 Å². The van der Waals surface area contributed by atoms with Gasteiger partial charge >= 0.3 is 0 Å². The van der Waals surface area contributed by atoms with Crippen LogP contribution in [0.3, 0.4) is 0 Å². The van der Waals surface area contributed by atoms with Crippen LogP contribution in [0.15, 0.2) is 18.2 Å². The number of benzene rings is 1. The molecule has 2 atom stereocenters. The van der Waals surface area contributed by atoms with Crippen LogP contribution in [-0.2, 0) is 16.1 Å². The fourth-order valence-electron chi connectivity index (χ4n) is 3.82. The van der Waals surface area contributed by atoms with Crippen LogP contribution < -0.4 is 9.47 Å². The lowest BCUT2D eigenvalue weighted by atomic mass is 10.1. The molecule has 1 aromatic rings. The second-order valence-electron chi connectivity index (χ2n) is 6.81. The molecule has 6 nitrogen and oxygen atoms in total. The largest absolute Gasteiger partial charge is 0.454 e. The normalized spacial score (nSPS) is 26.9. The summed E-state index contributed by atoms with van der Waals surface area (Å²) in [4.78, 5) is 28.8. The molecular formula is C18H22N2O4S. The van der Waals surface area contributed by atoms with Crippen LogP contribution >= 0.6 is 11.8 Å². The molecule has 3 aliphatic rings. The molecule has 4 rings (SSSR count). The molecule has 134 valence electrons. The van der Waals surface area contributed by atoms with Gasteiger partial charge in [0.15, 0.2) is 11.5 Å². The maximum Gasteiger partial charge on any atom is 0.246 e. The van der Waals surface area contributed by atoms with Gasteiger partial charge < -0.3 is 19.3 Å². The van der Waals surface area contributed by atoms with Gasteiger partial charge in [0.1, 0.15) is 6.04 Å². The minimum Gasteiger partial charge on any atom is -0.454 e. The summed E-state index contributed by atoms with van der Waals surface area (Å²) in [6.07, 6.45) is 1.37. The van der Waals surface area contributed by atoms with Gasteiger partial charge in [0, 0.05) is 25.3 Å². The van der Waals surface area contributed by atoms with Crippen molar-refractivity contribution in [2.24, 2.45) is 0 Å². The average molecular weight is 362 g/mol. The molecule has 0 unspecified atom stereocenters. The van der Waals surface area contributed by atoms with Crippen LogP contribution in [0.5, 0.6) is 11.5 Å². The van der Waals surface area contributed by atoms with Crippen molar-refractivity contribution in [1.82, 2.24) is 9.80 Å². The van der Waals surface area contributed by atoms with Crippen molar-refractivity contribution < 1.29 is 19.1 Å². The van der Waals surface area contributed by atoms with Crippen LogP contribution in [0, 0.1) is 0 Å².